The standard InChI is InChI=1S/C29H23F3N6O3S/c1-18-4-3-5-19(2)25(18)38-24(39)16-42-28(38)35-27(40)33-15-14-20-6-8-21(9-7-20)26-34-17-37(36-26)22-10-12-23(13-11-22)41-29(30,31)32/h3-15,17H,16H2,1-2H3,(H,33,40)/b15-14+,35-28-. The topological polar surface area (TPSA) is 102 Å². The minimum atomic E-state index is -4.76. The van der Waals surface area contributed by atoms with Gasteiger partial charge in [0.1, 0.15) is 12.1 Å². The highest BCUT2D eigenvalue weighted by Gasteiger charge is 2.32. The number of ether oxygens (including phenoxy) is 1. The molecule has 0 atom stereocenters. The maximum Gasteiger partial charge on any atom is 0.573 e. The number of aromatic nitrogens is 3. The van der Waals surface area contributed by atoms with E-state index in [1.165, 1.54) is 58.1 Å². The highest BCUT2D eigenvalue weighted by molar-refractivity contribution is 8.15. The van der Waals surface area contributed by atoms with Crippen molar-refractivity contribution < 1.29 is 27.5 Å². The summed E-state index contributed by atoms with van der Waals surface area (Å²) in [4.78, 5) is 34.9. The maximum atomic E-state index is 12.6. The van der Waals surface area contributed by atoms with Crippen molar-refractivity contribution in [2.75, 3.05) is 10.7 Å². The third-order valence-electron chi connectivity index (χ3n) is 6.10. The molecular formula is C29H23F3N6O3S. The summed E-state index contributed by atoms with van der Waals surface area (Å²) in [6.07, 6.45) is -0.153. The lowest BCUT2D eigenvalue weighted by molar-refractivity contribution is -0.274. The SMILES string of the molecule is Cc1cccc(C)c1N1C(=O)CS/C1=N\C(=O)N/C=C/c1ccc(-c2ncn(-c3ccc(OC(F)(F)F)cc3)n2)cc1. The molecule has 1 aliphatic heterocycles. The van der Waals surface area contributed by atoms with Crippen LogP contribution in [0.15, 0.2) is 84.2 Å². The molecule has 4 aromatic rings. The number of benzene rings is 3. The summed E-state index contributed by atoms with van der Waals surface area (Å²) in [7, 11) is 0. The Morgan fingerprint density at radius 3 is 2.40 bits per heavy atom. The van der Waals surface area contributed by atoms with Gasteiger partial charge in [0.2, 0.25) is 5.91 Å². The summed E-state index contributed by atoms with van der Waals surface area (Å²) < 4.78 is 42.4. The van der Waals surface area contributed by atoms with Gasteiger partial charge in [0.15, 0.2) is 11.0 Å². The van der Waals surface area contributed by atoms with Gasteiger partial charge in [0.25, 0.3) is 0 Å². The second kappa shape index (κ2) is 11.9. The van der Waals surface area contributed by atoms with Crippen LogP contribution in [0.25, 0.3) is 23.2 Å². The van der Waals surface area contributed by atoms with Crippen molar-refractivity contribution in [2.24, 2.45) is 4.99 Å². The molecule has 9 nitrogen and oxygen atoms in total. The quantitative estimate of drug-likeness (QED) is 0.283. The molecule has 3 amide bonds. The van der Waals surface area contributed by atoms with Crippen LogP contribution in [0.3, 0.4) is 0 Å². The van der Waals surface area contributed by atoms with E-state index in [0.717, 1.165) is 22.4 Å². The molecule has 1 fully saturated rings. The minimum Gasteiger partial charge on any atom is -0.406 e. The van der Waals surface area contributed by atoms with Crippen molar-refractivity contribution in [2.45, 2.75) is 20.2 Å². The number of para-hydroxylation sites is 1. The second-order valence-electron chi connectivity index (χ2n) is 9.11. The first-order valence-electron chi connectivity index (χ1n) is 12.5. The first-order valence-corrected chi connectivity index (χ1v) is 13.5. The maximum absolute atomic E-state index is 12.6. The Morgan fingerprint density at radius 2 is 1.74 bits per heavy atom. The number of hydrogen-bond acceptors (Lipinski definition) is 6. The summed E-state index contributed by atoms with van der Waals surface area (Å²) in [6.45, 7) is 3.82. The molecule has 13 heteroatoms. The Kier molecular flexibility index (Phi) is 8.11. The van der Waals surface area contributed by atoms with E-state index in [4.69, 9.17) is 0 Å². The number of amidine groups is 1. The van der Waals surface area contributed by atoms with Gasteiger partial charge in [0.05, 0.1) is 17.1 Å². The number of rotatable bonds is 6. The summed E-state index contributed by atoms with van der Waals surface area (Å²) in [5.74, 6) is 0.165. The average molecular weight is 593 g/mol. The Morgan fingerprint density at radius 1 is 1.05 bits per heavy atom. The number of carbonyl (C=O) groups excluding carboxylic acids is 2. The summed E-state index contributed by atoms with van der Waals surface area (Å²) in [6, 6.07) is 17.6. The number of halogens is 3. The highest BCUT2D eigenvalue weighted by atomic mass is 32.2. The van der Waals surface area contributed by atoms with Crippen molar-refractivity contribution in [3.63, 3.8) is 0 Å². The third-order valence-corrected chi connectivity index (χ3v) is 7.03. The van der Waals surface area contributed by atoms with Gasteiger partial charge in [-0.15, -0.1) is 18.3 Å². The molecule has 3 aromatic carbocycles. The molecule has 42 heavy (non-hydrogen) atoms. The lowest BCUT2D eigenvalue weighted by atomic mass is 10.1. The smallest absolute Gasteiger partial charge is 0.406 e. The number of aryl methyl sites for hydroxylation is 2. The van der Waals surface area contributed by atoms with Gasteiger partial charge < -0.3 is 10.1 Å². The van der Waals surface area contributed by atoms with E-state index in [0.29, 0.717) is 22.2 Å². The molecule has 0 spiro atoms. The van der Waals surface area contributed by atoms with Gasteiger partial charge >= 0.3 is 12.4 Å². The van der Waals surface area contributed by atoms with Crippen molar-refractivity contribution >= 4 is 40.6 Å². The molecule has 214 valence electrons. The zero-order chi connectivity index (χ0) is 29.9. The van der Waals surface area contributed by atoms with E-state index >= 15 is 0 Å². The van der Waals surface area contributed by atoms with Gasteiger partial charge in [-0.3, -0.25) is 9.69 Å². The minimum absolute atomic E-state index is 0.132. The number of amides is 3. The molecule has 0 bridgehead atoms. The van der Waals surface area contributed by atoms with E-state index in [-0.39, 0.29) is 17.4 Å². The zero-order valence-electron chi connectivity index (χ0n) is 22.3. The van der Waals surface area contributed by atoms with Crippen LogP contribution in [0.1, 0.15) is 16.7 Å². The first-order chi connectivity index (χ1) is 20.1. The van der Waals surface area contributed by atoms with Crippen molar-refractivity contribution in [1.29, 1.82) is 0 Å². The Bertz CT molecular complexity index is 1660. The van der Waals surface area contributed by atoms with Crippen LogP contribution in [0.4, 0.5) is 23.7 Å². The monoisotopic (exact) mass is 592 g/mol. The fraction of sp³-hybridized carbons (Fsp3) is 0.138. The molecule has 0 aliphatic carbocycles. The molecule has 5 rings (SSSR count). The lowest BCUT2D eigenvalue weighted by Gasteiger charge is -2.20. The molecule has 2 heterocycles. The van der Waals surface area contributed by atoms with Gasteiger partial charge in [-0.05, 0) is 60.9 Å². The largest absolute Gasteiger partial charge is 0.573 e. The Balaban J connectivity index is 1.21. The molecule has 0 unspecified atom stereocenters. The number of aliphatic imine (C=N–C) groups is 1. The van der Waals surface area contributed by atoms with Crippen LogP contribution < -0.4 is 15.0 Å². The Hall–Kier alpha value is -4.91. The summed E-state index contributed by atoms with van der Waals surface area (Å²) in [5, 5.41) is 7.31. The first kappa shape index (κ1) is 28.6. The second-order valence-corrected chi connectivity index (χ2v) is 10.1. The molecule has 1 saturated heterocycles. The van der Waals surface area contributed by atoms with Gasteiger partial charge in [-0.25, -0.2) is 14.5 Å². The van der Waals surface area contributed by atoms with Gasteiger partial charge in [0, 0.05) is 11.8 Å². The third kappa shape index (κ3) is 6.69. The van der Waals surface area contributed by atoms with Crippen LogP contribution in [0.5, 0.6) is 5.75 Å². The molecule has 1 aromatic heterocycles. The normalized spacial score (nSPS) is 14.6. The summed E-state index contributed by atoms with van der Waals surface area (Å²) >= 11 is 1.21. The van der Waals surface area contributed by atoms with Crippen molar-refractivity contribution in [3.05, 3.63) is 95.9 Å². The molecule has 0 radical (unpaired) electrons. The molecule has 0 saturated carbocycles. The molecular weight excluding hydrogens is 569 g/mol. The number of nitrogens with zero attached hydrogens (tertiary/aromatic N) is 5. The average Bonchev–Trinajstić information content (AvgIpc) is 3.56. The van der Waals surface area contributed by atoms with E-state index in [1.807, 2.05) is 44.2 Å². The molecule has 1 N–H and O–H groups in total. The number of carbonyl (C=O) groups is 2. The van der Waals surface area contributed by atoms with E-state index < -0.39 is 12.4 Å². The summed E-state index contributed by atoms with van der Waals surface area (Å²) in [5.41, 5.74) is 4.58. The van der Waals surface area contributed by atoms with E-state index in [1.54, 1.807) is 18.2 Å². The number of alkyl halides is 3. The predicted octanol–water partition coefficient (Wildman–Crippen LogP) is 6.27. The predicted molar refractivity (Wildman–Crippen MR) is 154 cm³/mol. The van der Waals surface area contributed by atoms with Gasteiger partial charge in [-0.2, -0.15) is 4.99 Å². The van der Waals surface area contributed by atoms with Crippen LogP contribution >= 0.6 is 11.8 Å². The fourth-order valence-electron chi connectivity index (χ4n) is 4.21. The number of hydrogen-bond donors (Lipinski definition) is 1. The number of anilines is 1. The van der Waals surface area contributed by atoms with Crippen LogP contribution in [-0.2, 0) is 4.79 Å². The lowest BCUT2D eigenvalue weighted by Crippen LogP contribution is -2.32. The molecule has 1 aliphatic rings. The number of urea groups is 1. The Labute approximate surface area is 242 Å². The highest BCUT2D eigenvalue weighted by Crippen LogP contribution is 2.32. The fourth-order valence-corrected chi connectivity index (χ4v) is 5.07. The number of thioether (sulfide) groups is 1. The van der Waals surface area contributed by atoms with Crippen molar-refractivity contribution in [1.82, 2.24) is 20.1 Å². The van der Waals surface area contributed by atoms with Crippen LogP contribution in [-0.4, -0.2) is 44.0 Å². The van der Waals surface area contributed by atoms with Crippen LogP contribution in [0.2, 0.25) is 0 Å². The van der Waals surface area contributed by atoms with Gasteiger partial charge in [-0.1, -0.05) is 54.2 Å². The van der Waals surface area contributed by atoms with Crippen LogP contribution in [0, 0.1) is 13.8 Å². The van der Waals surface area contributed by atoms with Crippen molar-refractivity contribution in [3.8, 4) is 22.8 Å². The van der Waals surface area contributed by atoms with E-state index in [2.05, 4.69) is 25.1 Å². The number of nitrogens with one attached hydrogen (secondary N) is 1. The zero-order valence-corrected chi connectivity index (χ0v) is 23.1. The van der Waals surface area contributed by atoms with E-state index in [9.17, 15) is 22.8 Å².